The largest absolute Gasteiger partial charge is 0.399 e. The van der Waals surface area contributed by atoms with Crippen molar-refractivity contribution in [2.45, 2.75) is 0 Å². The smallest absolute Gasteiger partial charge is 0.321 e. The second-order valence-electron chi connectivity index (χ2n) is 5.95. The first-order chi connectivity index (χ1) is 12.2. The van der Waals surface area contributed by atoms with E-state index in [9.17, 15) is 4.79 Å². The Bertz CT molecular complexity index is 897. The molecule has 128 valence electrons. The molecule has 2 aromatic carbocycles. The van der Waals surface area contributed by atoms with Gasteiger partial charge in [-0.25, -0.2) is 9.48 Å². The molecule has 1 aliphatic heterocycles. The predicted octanol–water partition coefficient (Wildman–Crippen LogP) is 2.47. The minimum Gasteiger partial charge on any atom is -0.399 e. The summed E-state index contributed by atoms with van der Waals surface area (Å²) in [6, 6.07) is 13.2. The monoisotopic (exact) mass is 337 g/mol. The summed E-state index contributed by atoms with van der Waals surface area (Å²) in [5.74, 6) is 0. The molecule has 1 saturated heterocycles. The Morgan fingerprint density at radius 3 is 2.64 bits per heavy atom. The minimum atomic E-state index is -0.101. The molecule has 3 N–H and O–H groups in total. The molecule has 2 amide bonds. The normalized spacial score (nSPS) is 14.6. The fourth-order valence-electron chi connectivity index (χ4n) is 2.91. The Hall–Kier alpha value is -3.06. The second kappa shape index (κ2) is 6.45. The van der Waals surface area contributed by atoms with Crippen molar-refractivity contribution in [1.29, 1.82) is 0 Å². The first-order valence-electron chi connectivity index (χ1n) is 8.18. The number of fused-ring (bicyclic) bond motifs is 1. The molecule has 7 nitrogen and oxygen atoms in total. The molecule has 0 saturated carbocycles. The van der Waals surface area contributed by atoms with Gasteiger partial charge in [-0.2, -0.15) is 5.10 Å². The lowest BCUT2D eigenvalue weighted by Crippen LogP contribution is -2.43. The molecule has 0 spiro atoms. The van der Waals surface area contributed by atoms with Crippen LogP contribution in [0.4, 0.5) is 16.2 Å². The molecule has 7 heteroatoms. The van der Waals surface area contributed by atoms with Crippen molar-refractivity contribution in [2.24, 2.45) is 0 Å². The molecule has 0 bridgehead atoms. The summed E-state index contributed by atoms with van der Waals surface area (Å²) >= 11 is 0. The molecule has 4 rings (SSSR count). The van der Waals surface area contributed by atoms with E-state index in [0.29, 0.717) is 32.0 Å². The molecule has 0 unspecified atom stereocenters. The number of rotatable bonds is 2. The molecule has 2 heterocycles. The number of urea groups is 1. The Morgan fingerprint density at radius 1 is 1.12 bits per heavy atom. The minimum absolute atomic E-state index is 0.101. The van der Waals surface area contributed by atoms with Gasteiger partial charge >= 0.3 is 6.03 Å². The van der Waals surface area contributed by atoms with Gasteiger partial charge in [-0.3, -0.25) is 0 Å². The maximum Gasteiger partial charge on any atom is 0.321 e. The van der Waals surface area contributed by atoms with Crippen LogP contribution in [0.3, 0.4) is 0 Å². The summed E-state index contributed by atoms with van der Waals surface area (Å²) in [5.41, 5.74) is 9.18. The Kier molecular flexibility index (Phi) is 3.99. The number of carbonyl (C=O) groups excluding carboxylic acids is 1. The first kappa shape index (κ1) is 15.5. The van der Waals surface area contributed by atoms with Crippen molar-refractivity contribution < 1.29 is 9.53 Å². The van der Waals surface area contributed by atoms with Crippen molar-refractivity contribution in [3.63, 3.8) is 0 Å². The standard InChI is InChI=1S/C18H19N5O2/c19-14-1-6-17-13(11-14)12-20-23(17)16-4-2-15(3-5-16)21-18(24)22-7-9-25-10-8-22/h1-6,11-12H,7-10,19H2,(H,21,24). The predicted molar refractivity (Wildman–Crippen MR) is 96.9 cm³/mol. The third-order valence-electron chi connectivity index (χ3n) is 4.25. The zero-order valence-electron chi connectivity index (χ0n) is 13.7. The SMILES string of the molecule is Nc1ccc2c(cnn2-c2ccc(NC(=O)N3CCOCC3)cc2)c1. The van der Waals surface area contributed by atoms with Crippen molar-refractivity contribution in [3.05, 3.63) is 48.7 Å². The van der Waals surface area contributed by atoms with E-state index in [1.165, 1.54) is 0 Å². The lowest BCUT2D eigenvalue weighted by Gasteiger charge is -2.26. The van der Waals surface area contributed by atoms with Crippen LogP contribution < -0.4 is 11.1 Å². The highest BCUT2D eigenvalue weighted by Gasteiger charge is 2.16. The number of nitrogens with zero attached hydrogens (tertiary/aromatic N) is 3. The van der Waals surface area contributed by atoms with Gasteiger partial charge in [-0.05, 0) is 42.5 Å². The van der Waals surface area contributed by atoms with Crippen LogP contribution in [0.15, 0.2) is 48.7 Å². The van der Waals surface area contributed by atoms with Crippen molar-refractivity contribution in [2.75, 3.05) is 37.4 Å². The summed E-state index contributed by atoms with van der Waals surface area (Å²) in [4.78, 5) is 14.0. The van der Waals surface area contributed by atoms with E-state index in [-0.39, 0.29) is 6.03 Å². The quantitative estimate of drug-likeness (QED) is 0.704. The number of hydrogen-bond acceptors (Lipinski definition) is 4. The highest BCUT2D eigenvalue weighted by atomic mass is 16.5. The summed E-state index contributed by atoms with van der Waals surface area (Å²) < 4.78 is 7.11. The Labute approximate surface area is 145 Å². The van der Waals surface area contributed by atoms with E-state index in [0.717, 1.165) is 22.3 Å². The number of carbonyl (C=O) groups is 1. The molecule has 1 aromatic heterocycles. The van der Waals surface area contributed by atoms with Crippen LogP contribution in [0, 0.1) is 0 Å². The van der Waals surface area contributed by atoms with Gasteiger partial charge in [0, 0.05) is 29.9 Å². The van der Waals surface area contributed by atoms with E-state index in [1.54, 1.807) is 11.1 Å². The van der Waals surface area contributed by atoms with Gasteiger partial charge in [0.15, 0.2) is 0 Å². The number of morpholine rings is 1. The molecule has 0 atom stereocenters. The number of benzene rings is 2. The van der Waals surface area contributed by atoms with Gasteiger partial charge in [0.1, 0.15) is 0 Å². The molecule has 3 aromatic rings. The number of nitrogens with two attached hydrogens (primary N) is 1. The lowest BCUT2D eigenvalue weighted by atomic mass is 10.2. The Balaban J connectivity index is 1.52. The van der Waals surface area contributed by atoms with E-state index >= 15 is 0 Å². The molecular weight excluding hydrogens is 318 g/mol. The topological polar surface area (TPSA) is 85.4 Å². The summed E-state index contributed by atoms with van der Waals surface area (Å²) in [6.07, 6.45) is 1.79. The van der Waals surface area contributed by atoms with Crippen LogP contribution >= 0.6 is 0 Å². The molecule has 1 aliphatic rings. The van der Waals surface area contributed by atoms with Crippen LogP contribution in [-0.2, 0) is 4.74 Å². The summed E-state index contributed by atoms with van der Waals surface area (Å²) in [6.45, 7) is 2.41. The maximum atomic E-state index is 12.2. The highest BCUT2D eigenvalue weighted by molar-refractivity contribution is 5.89. The van der Waals surface area contributed by atoms with Crippen LogP contribution in [0.2, 0.25) is 0 Å². The van der Waals surface area contributed by atoms with Gasteiger partial charge in [-0.15, -0.1) is 0 Å². The van der Waals surface area contributed by atoms with Gasteiger partial charge in [0.05, 0.1) is 30.6 Å². The van der Waals surface area contributed by atoms with Crippen molar-refractivity contribution in [3.8, 4) is 5.69 Å². The van der Waals surface area contributed by atoms with Gasteiger partial charge < -0.3 is 20.7 Å². The lowest BCUT2D eigenvalue weighted by molar-refractivity contribution is 0.0564. The average Bonchev–Trinajstić information content (AvgIpc) is 3.06. The molecule has 25 heavy (non-hydrogen) atoms. The molecule has 0 aliphatic carbocycles. The number of nitrogens with one attached hydrogen (secondary N) is 1. The number of hydrogen-bond donors (Lipinski definition) is 2. The van der Waals surface area contributed by atoms with Gasteiger partial charge in [-0.1, -0.05) is 0 Å². The maximum absolute atomic E-state index is 12.2. The van der Waals surface area contributed by atoms with E-state index < -0.39 is 0 Å². The number of ether oxygens (including phenoxy) is 1. The second-order valence-corrected chi connectivity index (χ2v) is 5.95. The summed E-state index contributed by atoms with van der Waals surface area (Å²) in [5, 5.41) is 8.33. The highest BCUT2D eigenvalue weighted by Crippen LogP contribution is 2.21. The number of amides is 2. The third-order valence-corrected chi connectivity index (χ3v) is 4.25. The van der Waals surface area contributed by atoms with Crippen LogP contribution in [0.25, 0.3) is 16.6 Å². The number of anilines is 2. The molecular formula is C18H19N5O2. The zero-order chi connectivity index (χ0) is 17.2. The molecule has 1 fully saturated rings. The first-order valence-corrected chi connectivity index (χ1v) is 8.18. The zero-order valence-corrected chi connectivity index (χ0v) is 13.7. The fourth-order valence-corrected chi connectivity index (χ4v) is 2.91. The average molecular weight is 337 g/mol. The number of nitrogen functional groups attached to an aromatic ring is 1. The third kappa shape index (κ3) is 3.14. The van der Waals surface area contributed by atoms with Gasteiger partial charge in [0.2, 0.25) is 0 Å². The molecule has 0 radical (unpaired) electrons. The van der Waals surface area contributed by atoms with E-state index in [4.69, 9.17) is 10.5 Å². The van der Waals surface area contributed by atoms with Gasteiger partial charge in [0.25, 0.3) is 0 Å². The van der Waals surface area contributed by atoms with Crippen LogP contribution in [0.5, 0.6) is 0 Å². The van der Waals surface area contributed by atoms with Crippen molar-refractivity contribution >= 4 is 28.3 Å². The number of aromatic nitrogens is 2. The van der Waals surface area contributed by atoms with E-state index in [1.807, 2.05) is 47.1 Å². The summed E-state index contributed by atoms with van der Waals surface area (Å²) in [7, 11) is 0. The fraction of sp³-hybridized carbons (Fsp3) is 0.222. The van der Waals surface area contributed by atoms with Crippen LogP contribution in [0.1, 0.15) is 0 Å². The van der Waals surface area contributed by atoms with Crippen LogP contribution in [-0.4, -0.2) is 47.0 Å². The van der Waals surface area contributed by atoms with Crippen molar-refractivity contribution in [1.82, 2.24) is 14.7 Å². The Morgan fingerprint density at radius 2 is 1.88 bits per heavy atom. The van der Waals surface area contributed by atoms with E-state index in [2.05, 4.69) is 10.4 Å².